The minimum absolute atomic E-state index is 0.200. The molecule has 0 aliphatic carbocycles. The zero-order valence-corrected chi connectivity index (χ0v) is 10.2. The highest BCUT2D eigenvalue weighted by Crippen LogP contribution is 2.19. The fourth-order valence-corrected chi connectivity index (χ4v) is 2.19. The summed E-state index contributed by atoms with van der Waals surface area (Å²) in [6.45, 7) is 1.61. The van der Waals surface area contributed by atoms with Crippen molar-refractivity contribution in [2.45, 2.75) is 13.1 Å². The molecular weight excluding hydrogens is 243 g/mol. The Balaban J connectivity index is 1.83. The molecule has 0 saturated carbocycles. The Morgan fingerprint density at radius 2 is 1.89 bits per heavy atom. The van der Waals surface area contributed by atoms with Crippen molar-refractivity contribution >= 4 is 11.6 Å². The fraction of sp³-hybridized carbons (Fsp3) is 0.133. The van der Waals surface area contributed by atoms with Gasteiger partial charge in [0, 0.05) is 18.7 Å². The van der Waals surface area contributed by atoms with Gasteiger partial charge in [0.15, 0.2) is 0 Å². The largest absolute Gasteiger partial charge is 0.319 e. The first kappa shape index (κ1) is 11.9. The van der Waals surface area contributed by atoms with Crippen LogP contribution in [0, 0.1) is 5.82 Å². The van der Waals surface area contributed by atoms with Gasteiger partial charge in [-0.05, 0) is 35.4 Å². The second-order valence-electron chi connectivity index (χ2n) is 4.52. The van der Waals surface area contributed by atoms with E-state index in [1.807, 2.05) is 12.1 Å². The molecule has 0 saturated heterocycles. The third-order valence-electron chi connectivity index (χ3n) is 3.22. The zero-order valence-electron chi connectivity index (χ0n) is 10.2. The third kappa shape index (κ3) is 2.35. The molecule has 0 bridgehead atoms. The van der Waals surface area contributed by atoms with E-state index in [1.165, 1.54) is 11.6 Å². The van der Waals surface area contributed by atoms with Crippen molar-refractivity contribution in [1.82, 2.24) is 5.32 Å². The summed E-state index contributed by atoms with van der Waals surface area (Å²) in [7, 11) is 0. The zero-order chi connectivity index (χ0) is 13.2. The molecule has 1 aliphatic rings. The Morgan fingerprint density at radius 3 is 2.74 bits per heavy atom. The van der Waals surface area contributed by atoms with Gasteiger partial charge in [-0.15, -0.1) is 0 Å². The number of amides is 1. The first-order valence-corrected chi connectivity index (χ1v) is 6.12. The standard InChI is InChI=1S/C15H13FN2O/c16-13-3-1-2-4-14(13)18-15(19)10-5-6-11-8-17-9-12(11)7-10/h1-7,17H,8-9H2,(H,18,19). The van der Waals surface area contributed by atoms with Crippen molar-refractivity contribution in [3.63, 3.8) is 0 Å². The molecule has 1 amide bonds. The van der Waals surface area contributed by atoms with Crippen LogP contribution in [-0.2, 0) is 13.1 Å². The lowest BCUT2D eigenvalue weighted by molar-refractivity contribution is 0.102. The smallest absolute Gasteiger partial charge is 0.255 e. The monoisotopic (exact) mass is 256 g/mol. The third-order valence-corrected chi connectivity index (χ3v) is 3.22. The van der Waals surface area contributed by atoms with Crippen LogP contribution in [0.2, 0.25) is 0 Å². The molecule has 0 fully saturated rings. The van der Waals surface area contributed by atoms with Gasteiger partial charge in [-0.25, -0.2) is 4.39 Å². The number of anilines is 1. The summed E-state index contributed by atoms with van der Waals surface area (Å²) < 4.78 is 13.5. The Bertz CT molecular complexity index is 640. The van der Waals surface area contributed by atoms with Crippen molar-refractivity contribution in [1.29, 1.82) is 0 Å². The molecule has 2 N–H and O–H groups in total. The number of hydrogen-bond acceptors (Lipinski definition) is 2. The van der Waals surface area contributed by atoms with E-state index in [4.69, 9.17) is 0 Å². The van der Waals surface area contributed by atoms with Gasteiger partial charge in [-0.1, -0.05) is 18.2 Å². The van der Waals surface area contributed by atoms with Crippen LogP contribution in [-0.4, -0.2) is 5.91 Å². The van der Waals surface area contributed by atoms with Gasteiger partial charge < -0.3 is 10.6 Å². The minimum atomic E-state index is -0.432. The van der Waals surface area contributed by atoms with E-state index >= 15 is 0 Å². The molecule has 0 unspecified atom stereocenters. The molecule has 2 aromatic rings. The Labute approximate surface area is 110 Å². The maximum absolute atomic E-state index is 13.5. The highest BCUT2D eigenvalue weighted by molar-refractivity contribution is 6.04. The summed E-state index contributed by atoms with van der Waals surface area (Å²) >= 11 is 0. The molecule has 4 heteroatoms. The highest BCUT2D eigenvalue weighted by Gasteiger charge is 2.14. The number of para-hydroxylation sites is 1. The molecule has 0 spiro atoms. The molecule has 2 aromatic carbocycles. The van der Waals surface area contributed by atoms with Gasteiger partial charge >= 0.3 is 0 Å². The van der Waals surface area contributed by atoms with Crippen LogP contribution in [0.4, 0.5) is 10.1 Å². The van der Waals surface area contributed by atoms with E-state index in [9.17, 15) is 9.18 Å². The van der Waals surface area contributed by atoms with Gasteiger partial charge in [-0.2, -0.15) is 0 Å². The van der Waals surface area contributed by atoms with E-state index in [-0.39, 0.29) is 11.6 Å². The summed E-state index contributed by atoms with van der Waals surface area (Å²) in [4.78, 5) is 12.1. The van der Waals surface area contributed by atoms with E-state index in [0.29, 0.717) is 5.56 Å². The number of nitrogens with one attached hydrogen (secondary N) is 2. The van der Waals surface area contributed by atoms with Gasteiger partial charge in [-0.3, -0.25) is 4.79 Å². The van der Waals surface area contributed by atoms with Crippen LogP contribution in [0.15, 0.2) is 42.5 Å². The second kappa shape index (κ2) is 4.82. The topological polar surface area (TPSA) is 41.1 Å². The van der Waals surface area contributed by atoms with Crippen molar-refractivity contribution < 1.29 is 9.18 Å². The summed E-state index contributed by atoms with van der Waals surface area (Å²) in [6.07, 6.45) is 0. The summed E-state index contributed by atoms with van der Waals surface area (Å²) in [5.74, 6) is -0.724. The van der Waals surface area contributed by atoms with E-state index in [2.05, 4.69) is 10.6 Å². The van der Waals surface area contributed by atoms with Gasteiger partial charge in [0.1, 0.15) is 5.82 Å². The lowest BCUT2D eigenvalue weighted by Crippen LogP contribution is -2.13. The lowest BCUT2D eigenvalue weighted by atomic mass is 10.1. The van der Waals surface area contributed by atoms with E-state index < -0.39 is 5.82 Å². The molecule has 0 radical (unpaired) electrons. The first-order valence-electron chi connectivity index (χ1n) is 6.12. The Kier molecular flexibility index (Phi) is 3.01. The van der Waals surface area contributed by atoms with Crippen molar-refractivity contribution in [3.8, 4) is 0 Å². The van der Waals surface area contributed by atoms with Gasteiger partial charge in [0.05, 0.1) is 5.69 Å². The number of hydrogen-bond donors (Lipinski definition) is 2. The number of halogens is 1. The van der Waals surface area contributed by atoms with Gasteiger partial charge in [0.2, 0.25) is 0 Å². The lowest BCUT2D eigenvalue weighted by Gasteiger charge is -2.07. The quantitative estimate of drug-likeness (QED) is 0.867. The van der Waals surface area contributed by atoms with Crippen LogP contribution < -0.4 is 10.6 Å². The average molecular weight is 256 g/mol. The summed E-state index contributed by atoms with van der Waals surface area (Å²) in [5, 5.41) is 5.80. The number of benzene rings is 2. The maximum Gasteiger partial charge on any atom is 0.255 e. The maximum atomic E-state index is 13.5. The van der Waals surface area contributed by atoms with E-state index in [1.54, 1.807) is 24.3 Å². The molecule has 19 heavy (non-hydrogen) atoms. The number of rotatable bonds is 2. The normalized spacial score (nSPS) is 13.1. The Morgan fingerprint density at radius 1 is 1.11 bits per heavy atom. The first-order chi connectivity index (χ1) is 9.24. The number of carbonyl (C=O) groups excluding carboxylic acids is 1. The molecule has 3 nitrogen and oxygen atoms in total. The molecule has 0 aromatic heterocycles. The predicted molar refractivity (Wildman–Crippen MR) is 71.3 cm³/mol. The highest BCUT2D eigenvalue weighted by atomic mass is 19.1. The fourth-order valence-electron chi connectivity index (χ4n) is 2.19. The van der Waals surface area contributed by atoms with Crippen LogP contribution in [0.3, 0.4) is 0 Å². The number of fused-ring (bicyclic) bond motifs is 1. The van der Waals surface area contributed by atoms with Crippen molar-refractivity contribution in [2.75, 3.05) is 5.32 Å². The summed E-state index contributed by atoms with van der Waals surface area (Å²) in [5.41, 5.74) is 3.08. The SMILES string of the molecule is O=C(Nc1ccccc1F)c1ccc2c(c1)CNC2. The average Bonchev–Trinajstić information content (AvgIpc) is 2.88. The van der Waals surface area contributed by atoms with Crippen LogP contribution in [0.25, 0.3) is 0 Å². The van der Waals surface area contributed by atoms with Crippen molar-refractivity contribution in [2.24, 2.45) is 0 Å². The van der Waals surface area contributed by atoms with Crippen molar-refractivity contribution in [3.05, 3.63) is 65.0 Å². The van der Waals surface area contributed by atoms with Gasteiger partial charge in [0.25, 0.3) is 5.91 Å². The molecule has 0 atom stereocenters. The van der Waals surface area contributed by atoms with Crippen LogP contribution in [0.1, 0.15) is 21.5 Å². The molecular formula is C15H13FN2O. The Hall–Kier alpha value is -2.20. The van der Waals surface area contributed by atoms with Crippen LogP contribution in [0.5, 0.6) is 0 Å². The van der Waals surface area contributed by atoms with E-state index in [0.717, 1.165) is 18.7 Å². The number of carbonyl (C=O) groups is 1. The molecule has 1 aliphatic heterocycles. The minimum Gasteiger partial charge on any atom is -0.319 e. The second-order valence-corrected chi connectivity index (χ2v) is 4.52. The molecule has 1 heterocycles. The molecule has 3 rings (SSSR count). The van der Waals surface area contributed by atoms with Crippen LogP contribution >= 0.6 is 0 Å². The summed E-state index contributed by atoms with van der Waals surface area (Å²) in [6, 6.07) is 11.7. The predicted octanol–water partition coefficient (Wildman–Crippen LogP) is 2.68. The molecule has 96 valence electrons.